The molecule has 104 valence electrons. The Kier molecular flexibility index (Phi) is 6.12. The van der Waals surface area contributed by atoms with Crippen molar-refractivity contribution in [3.8, 4) is 0 Å². The summed E-state index contributed by atoms with van der Waals surface area (Å²) >= 11 is 0. The summed E-state index contributed by atoms with van der Waals surface area (Å²) in [6, 6.07) is 0.148. The van der Waals surface area contributed by atoms with Gasteiger partial charge in [0.25, 0.3) is 0 Å². The van der Waals surface area contributed by atoms with Crippen LogP contribution in [0.2, 0.25) is 0 Å². The van der Waals surface area contributed by atoms with E-state index in [1.165, 1.54) is 0 Å². The van der Waals surface area contributed by atoms with Gasteiger partial charge in [-0.2, -0.15) is 0 Å². The van der Waals surface area contributed by atoms with Crippen molar-refractivity contribution >= 4 is 11.8 Å². The fourth-order valence-electron chi connectivity index (χ4n) is 2.23. The maximum absolute atomic E-state index is 12.0. The van der Waals surface area contributed by atoms with Gasteiger partial charge in [0, 0.05) is 25.6 Å². The van der Waals surface area contributed by atoms with Gasteiger partial charge < -0.3 is 15.5 Å². The zero-order chi connectivity index (χ0) is 13.5. The maximum Gasteiger partial charge on any atom is 0.225 e. The second-order valence-corrected chi connectivity index (χ2v) is 4.94. The fourth-order valence-corrected chi connectivity index (χ4v) is 2.23. The van der Waals surface area contributed by atoms with Crippen LogP contribution in [0.15, 0.2) is 0 Å². The van der Waals surface area contributed by atoms with Crippen molar-refractivity contribution in [3.05, 3.63) is 0 Å². The SMILES string of the molecule is CCN(CC)CC(C)NC(=O)C1CCC(=O)NC1. The lowest BCUT2D eigenvalue weighted by atomic mass is 9.98. The summed E-state index contributed by atoms with van der Waals surface area (Å²) in [5, 5.41) is 5.77. The van der Waals surface area contributed by atoms with Crippen molar-refractivity contribution in [2.24, 2.45) is 5.92 Å². The number of rotatable bonds is 6. The Bertz CT molecular complexity index is 280. The summed E-state index contributed by atoms with van der Waals surface area (Å²) in [7, 11) is 0. The predicted molar refractivity (Wildman–Crippen MR) is 71.1 cm³/mol. The minimum absolute atomic E-state index is 0.0511. The Hall–Kier alpha value is -1.10. The Morgan fingerprint density at radius 2 is 2.17 bits per heavy atom. The molecule has 2 N–H and O–H groups in total. The summed E-state index contributed by atoms with van der Waals surface area (Å²) in [6.45, 7) is 9.61. The number of carbonyl (C=O) groups excluding carboxylic acids is 2. The fraction of sp³-hybridized carbons (Fsp3) is 0.846. The molecular formula is C13H25N3O2. The van der Waals surface area contributed by atoms with E-state index in [1.807, 2.05) is 6.92 Å². The molecule has 0 aliphatic carbocycles. The van der Waals surface area contributed by atoms with Gasteiger partial charge in [0.2, 0.25) is 11.8 Å². The molecule has 18 heavy (non-hydrogen) atoms. The van der Waals surface area contributed by atoms with Crippen LogP contribution < -0.4 is 10.6 Å². The third kappa shape index (κ3) is 4.64. The smallest absolute Gasteiger partial charge is 0.225 e. The van der Waals surface area contributed by atoms with E-state index in [0.29, 0.717) is 19.4 Å². The molecule has 0 bridgehead atoms. The van der Waals surface area contributed by atoms with E-state index >= 15 is 0 Å². The van der Waals surface area contributed by atoms with Gasteiger partial charge in [0.05, 0.1) is 5.92 Å². The zero-order valence-corrected chi connectivity index (χ0v) is 11.7. The highest BCUT2D eigenvalue weighted by Crippen LogP contribution is 2.11. The zero-order valence-electron chi connectivity index (χ0n) is 11.7. The van der Waals surface area contributed by atoms with E-state index in [2.05, 4.69) is 29.4 Å². The van der Waals surface area contributed by atoms with Crippen LogP contribution >= 0.6 is 0 Å². The quantitative estimate of drug-likeness (QED) is 0.720. The second-order valence-electron chi connectivity index (χ2n) is 4.94. The van der Waals surface area contributed by atoms with Crippen LogP contribution in [-0.2, 0) is 9.59 Å². The van der Waals surface area contributed by atoms with Crippen LogP contribution in [-0.4, -0.2) is 48.9 Å². The topological polar surface area (TPSA) is 61.4 Å². The molecule has 5 nitrogen and oxygen atoms in total. The molecule has 2 amide bonds. The summed E-state index contributed by atoms with van der Waals surface area (Å²) in [6.07, 6.45) is 1.12. The van der Waals surface area contributed by atoms with Crippen molar-refractivity contribution < 1.29 is 9.59 Å². The molecule has 2 atom stereocenters. The van der Waals surface area contributed by atoms with Crippen LogP contribution in [0.5, 0.6) is 0 Å². The molecule has 0 radical (unpaired) electrons. The van der Waals surface area contributed by atoms with Crippen LogP contribution in [0.25, 0.3) is 0 Å². The lowest BCUT2D eigenvalue weighted by Gasteiger charge is -2.26. The van der Waals surface area contributed by atoms with Gasteiger partial charge in [-0.15, -0.1) is 0 Å². The highest BCUT2D eigenvalue weighted by molar-refractivity contribution is 5.83. The van der Waals surface area contributed by atoms with E-state index < -0.39 is 0 Å². The van der Waals surface area contributed by atoms with E-state index in [1.54, 1.807) is 0 Å². The Morgan fingerprint density at radius 1 is 1.50 bits per heavy atom. The molecule has 1 fully saturated rings. The van der Waals surface area contributed by atoms with E-state index in [-0.39, 0.29) is 23.8 Å². The highest BCUT2D eigenvalue weighted by atomic mass is 16.2. The molecule has 1 rings (SSSR count). The first-order valence-electron chi connectivity index (χ1n) is 6.86. The summed E-state index contributed by atoms with van der Waals surface area (Å²) in [4.78, 5) is 25.3. The molecule has 0 aromatic rings. The lowest BCUT2D eigenvalue weighted by molar-refractivity contribution is -0.129. The van der Waals surface area contributed by atoms with Crippen LogP contribution in [0.3, 0.4) is 0 Å². The number of piperidine rings is 1. The summed E-state index contributed by atoms with van der Waals surface area (Å²) in [5.41, 5.74) is 0. The first kappa shape index (κ1) is 15.0. The molecular weight excluding hydrogens is 230 g/mol. The third-order valence-corrected chi connectivity index (χ3v) is 3.45. The van der Waals surface area contributed by atoms with Gasteiger partial charge in [-0.05, 0) is 26.4 Å². The van der Waals surface area contributed by atoms with Gasteiger partial charge in [0.15, 0.2) is 0 Å². The highest BCUT2D eigenvalue weighted by Gasteiger charge is 2.25. The third-order valence-electron chi connectivity index (χ3n) is 3.45. The minimum Gasteiger partial charge on any atom is -0.355 e. The molecule has 1 heterocycles. The monoisotopic (exact) mass is 255 g/mol. The number of likely N-dealkylation sites (N-methyl/N-ethyl adjacent to an activating group) is 1. The summed E-state index contributed by atoms with van der Waals surface area (Å²) in [5.74, 6) is 0.0479. The molecule has 5 heteroatoms. The standard InChI is InChI=1S/C13H25N3O2/c1-4-16(5-2)9-10(3)15-13(18)11-6-7-12(17)14-8-11/h10-11H,4-9H2,1-3H3,(H,14,17)(H,15,18). The number of carbonyl (C=O) groups is 2. The number of hydrogen-bond donors (Lipinski definition) is 2. The first-order valence-corrected chi connectivity index (χ1v) is 6.86. The molecule has 1 aliphatic rings. The minimum atomic E-state index is -0.0677. The van der Waals surface area contributed by atoms with Crippen molar-refractivity contribution in [2.75, 3.05) is 26.2 Å². The average Bonchev–Trinajstić information content (AvgIpc) is 2.36. The predicted octanol–water partition coefficient (Wildman–Crippen LogP) is 0.359. The van der Waals surface area contributed by atoms with Crippen molar-refractivity contribution in [2.45, 2.75) is 39.7 Å². The normalized spacial score (nSPS) is 21.6. The number of amides is 2. The van der Waals surface area contributed by atoms with Crippen LogP contribution in [0.4, 0.5) is 0 Å². The Labute approximate surface area is 109 Å². The number of nitrogens with one attached hydrogen (secondary N) is 2. The van der Waals surface area contributed by atoms with Crippen molar-refractivity contribution in [1.29, 1.82) is 0 Å². The van der Waals surface area contributed by atoms with Crippen LogP contribution in [0.1, 0.15) is 33.6 Å². The van der Waals surface area contributed by atoms with E-state index in [0.717, 1.165) is 19.6 Å². The number of hydrogen-bond acceptors (Lipinski definition) is 3. The van der Waals surface area contributed by atoms with E-state index in [4.69, 9.17) is 0 Å². The van der Waals surface area contributed by atoms with Crippen molar-refractivity contribution in [1.82, 2.24) is 15.5 Å². The van der Waals surface area contributed by atoms with Gasteiger partial charge in [-0.1, -0.05) is 13.8 Å². The van der Waals surface area contributed by atoms with Gasteiger partial charge >= 0.3 is 0 Å². The van der Waals surface area contributed by atoms with E-state index in [9.17, 15) is 9.59 Å². The molecule has 0 aromatic heterocycles. The van der Waals surface area contributed by atoms with Crippen LogP contribution in [0, 0.1) is 5.92 Å². The molecule has 1 saturated heterocycles. The molecule has 1 aliphatic heterocycles. The lowest BCUT2D eigenvalue weighted by Crippen LogP contribution is -2.48. The maximum atomic E-state index is 12.0. The number of nitrogens with zero attached hydrogens (tertiary/aromatic N) is 1. The first-order chi connectivity index (χ1) is 8.56. The van der Waals surface area contributed by atoms with Gasteiger partial charge in [-0.3, -0.25) is 9.59 Å². The summed E-state index contributed by atoms with van der Waals surface area (Å²) < 4.78 is 0. The average molecular weight is 255 g/mol. The molecule has 2 unspecified atom stereocenters. The molecule has 0 spiro atoms. The van der Waals surface area contributed by atoms with Crippen molar-refractivity contribution in [3.63, 3.8) is 0 Å². The molecule has 0 aromatic carbocycles. The Morgan fingerprint density at radius 3 is 2.67 bits per heavy atom. The largest absolute Gasteiger partial charge is 0.355 e. The van der Waals surface area contributed by atoms with Gasteiger partial charge in [-0.25, -0.2) is 0 Å². The second kappa shape index (κ2) is 7.36. The molecule has 0 saturated carbocycles. The van der Waals surface area contributed by atoms with Gasteiger partial charge in [0.1, 0.15) is 0 Å². The Balaban J connectivity index is 2.32.